The normalized spacial score (nSPS) is 22.5. The van der Waals surface area contributed by atoms with E-state index in [0.29, 0.717) is 18.3 Å². The maximum atomic E-state index is 10.9. The van der Waals surface area contributed by atoms with E-state index < -0.39 is 0 Å². The molecular weight excluding hydrogens is 214 g/mol. The van der Waals surface area contributed by atoms with Crippen LogP contribution in [0.15, 0.2) is 10.7 Å². The van der Waals surface area contributed by atoms with E-state index in [9.17, 15) is 10.1 Å². The topological polar surface area (TPSA) is 49.6 Å². The van der Waals surface area contributed by atoms with Gasteiger partial charge in [0.2, 0.25) is 0 Å². The van der Waals surface area contributed by atoms with Gasteiger partial charge >= 0.3 is 0 Å². The zero-order valence-electron chi connectivity index (χ0n) is 8.97. The van der Waals surface area contributed by atoms with E-state index >= 15 is 0 Å². The molecule has 2 rings (SSSR count). The number of nitrogens with zero attached hydrogens (tertiary/aromatic N) is 3. The molecule has 2 heterocycles. The molecule has 0 spiro atoms. The fraction of sp³-hybridized carbons (Fsp3) is 0.778. The molecule has 0 bridgehead atoms. The predicted octanol–water partition coefficient (Wildman–Crippen LogP) is 1.16. The van der Waals surface area contributed by atoms with Crippen molar-refractivity contribution < 1.29 is 4.92 Å². The summed E-state index contributed by atoms with van der Waals surface area (Å²) in [4.78, 5) is 15.0. The molecule has 1 saturated heterocycles. The van der Waals surface area contributed by atoms with Gasteiger partial charge in [0.15, 0.2) is 0 Å². The molecule has 2 aliphatic rings. The molecule has 5 nitrogen and oxygen atoms in total. The minimum atomic E-state index is -0.227. The van der Waals surface area contributed by atoms with Crippen molar-refractivity contribution in [1.29, 1.82) is 0 Å². The fourth-order valence-electron chi connectivity index (χ4n) is 1.86. The third-order valence-electron chi connectivity index (χ3n) is 2.79. The Morgan fingerprint density at radius 1 is 1.53 bits per heavy atom. The van der Waals surface area contributed by atoms with Gasteiger partial charge in [-0.1, -0.05) is 0 Å². The Kier molecular flexibility index (Phi) is 2.88. The Bertz CT molecular complexity index is 316. The second-order valence-electron chi connectivity index (χ2n) is 4.10. The van der Waals surface area contributed by atoms with Crippen LogP contribution < -0.4 is 0 Å². The Balaban J connectivity index is 2.26. The van der Waals surface area contributed by atoms with Gasteiger partial charge in [0.1, 0.15) is 5.03 Å². The van der Waals surface area contributed by atoms with E-state index in [0.717, 1.165) is 24.0 Å². The summed E-state index contributed by atoms with van der Waals surface area (Å²) in [6.07, 6.45) is 0. The van der Waals surface area contributed by atoms with E-state index in [2.05, 4.69) is 23.6 Å². The molecule has 0 aliphatic carbocycles. The first-order chi connectivity index (χ1) is 7.09. The van der Waals surface area contributed by atoms with E-state index in [4.69, 9.17) is 0 Å². The van der Waals surface area contributed by atoms with Gasteiger partial charge in [0.25, 0.3) is 5.70 Å². The van der Waals surface area contributed by atoms with Crippen molar-refractivity contribution in [2.75, 3.05) is 25.5 Å². The van der Waals surface area contributed by atoms with Crippen LogP contribution in [0.5, 0.6) is 0 Å². The first-order valence-electron chi connectivity index (χ1n) is 5.09. The van der Waals surface area contributed by atoms with Gasteiger partial charge < -0.3 is 4.90 Å². The molecule has 1 fully saturated rings. The zero-order chi connectivity index (χ0) is 11.0. The van der Waals surface area contributed by atoms with Crippen LogP contribution in [0.3, 0.4) is 0 Å². The smallest absolute Gasteiger partial charge is 0.289 e. The molecule has 0 saturated carbocycles. The summed E-state index contributed by atoms with van der Waals surface area (Å²) in [5.41, 5.74) is 0.373. The van der Waals surface area contributed by atoms with Gasteiger partial charge in [0, 0.05) is 18.3 Å². The highest BCUT2D eigenvalue weighted by Crippen LogP contribution is 2.34. The molecule has 0 aromatic heterocycles. The molecule has 0 amide bonds. The lowest BCUT2D eigenvalue weighted by molar-refractivity contribution is -0.431. The van der Waals surface area contributed by atoms with E-state index in [-0.39, 0.29) is 4.92 Å². The quantitative estimate of drug-likeness (QED) is 0.525. The van der Waals surface area contributed by atoms with Gasteiger partial charge in [0.05, 0.1) is 18.1 Å². The van der Waals surface area contributed by atoms with Gasteiger partial charge in [-0.25, -0.2) is 0 Å². The Hall–Kier alpha value is -0.750. The summed E-state index contributed by atoms with van der Waals surface area (Å²) in [7, 11) is 0. The van der Waals surface area contributed by atoms with E-state index in [1.807, 2.05) is 0 Å². The second-order valence-corrected chi connectivity index (χ2v) is 5.19. The molecule has 0 atom stereocenters. The standard InChI is InChI=1S/C9H15N3O2S/c1-7(2)11-5-8(12(13)14)9-10(6-11)3-4-15-9/h7H,3-6H2,1-2H3. The zero-order valence-corrected chi connectivity index (χ0v) is 9.79. The second kappa shape index (κ2) is 4.02. The molecule has 0 radical (unpaired) electrons. The molecule has 84 valence electrons. The average Bonchev–Trinajstić information content (AvgIpc) is 2.62. The lowest BCUT2D eigenvalue weighted by Gasteiger charge is -2.35. The van der Waals surface area contributed by atoms with Crippen molar-refractivity contribution in [3.8, 4) is 0 Å². The van der Waals surface area contributed by atoms with Gasteiger partial charge in [-0.2, -0.15) is 0 Å². The first-order valence-corrected chi connectivity index (χ1v) is 6.07. The molecule has 6 heteroatoms. The summed E-state index contributed by atoms with van der Waals surface area (Å²) in [5, 5.41) is 11.8. The van der Waals surface area contributed by atoms with Gasteiger partial charge in [-0.15, -0.1) is 11.8 Å². The largest absolute Gasteiger partial charge is 0.347 e. The summed E-state index contributed by atoms with van der Waals surface area (Å²) < 4.78 is 0. The molecule has 2 aliphatic heterocycles. The van der Waals surface area contributed by atoms with Gasteiger partial charge in [-0.3, -0.25) is 15.0 Å². The molecule has 0 N–H and O–H groups in total. The highest BCUT2D eigenvalue weighted by molar-refractivity contribution is 8.03. The lowest BCUT2D eigenvalue weighted by atomic mass is 10.2. The molecule has 0 aromatic rings. The van der Waals surface area contributed by atoms with Crippen molar-refractivity contribution in [3.63, 3.8) is 0 Å². The van der Waals surface area contributed by atoms with E-state index in [1.165, 1.54) is 0 Å². The van der Waals surface area contributed by atoms with Crippen LogP contribution in [0.2, 0.25) is 0 Å². The fourth-order valence-corrected chi connectivity index (χ4v) is 3.00. The van der Waals surface area contributed by atoms with Crippen LogP contribution in [-0.2, 0) is 0 Å². The van der Waals surface area contributed by atoms with Crippen LogP contribution in [0.1, 0.15) is 13.8 Å². The highest BCUT2D eigenvalue weighted by Gasteiger charge is 2.36. The number of rotatable bonds is 2. The van der Waals surface area contributed by atoms with E-state index in [1.54, 1.807) is 11.8 Å². The van der Waals surface area contributed by atoms with Crippen LogP contribution in [-0.4, -0.2) is 46.3 Å². The Morgan fingerprint density at radius 3 is 2.87 bits per heavy atom. The van der Waals surface area contributed by atoms with Crippen LogP contribution in [0.25, 0.3) is 0 Å². The molecule has 0 aromatic carbocycles. The van der Waals surface area contributed by atoms with Crippen molar-refractivity contribution >= 4 is 11.8 Å². The number of hydrogen-bond acceptors (Lipinski definition) is 5. The van der Waals surface area contributed by atoms with Gasteiger partial charge in [-0.05, 0) is 13.8 Å². The lowest BCUT2D eigenvalue weighted by Crippen LogP contribution is -2.46. The van der Waals surface area contributed by atoms with Crippen LogP contribution in [0, 0.1) is 10.1 Å². The van der Waals surface area contributed by atoms with Crippen molar-refractivity contribution in [2.45, 2.75) is 19.9 Å². The maximum absolute atomic E-state index is 10.9. The third-order valence-corrected chi connectivity index (χ3v) is 3.94. The average molecular weight is 229 g/mol. The number of nitro groups is 1. The Labute approximate surface area is 93.3 Å². The van der Waals surface area contributed by atoms with Crippen molar-refractivity contribution in [1.82, 2.24) is 9.80 Å². The highest BCUT2D eigenvalue weighted by atomic mass is 32.2. The molecule has 15 heavy (non-hydrogen) atoms. The summed E-state index contributed by atoms with van der Waals surface area (Å²) in [6, 6.07) is 0.354. The van der Waals surface area contributed by atoms with Crippen LogP contribution in [0.4, 0.5) is 0 Å². The number of fused-ring (bicyclic) bond motifs is 1. The van der Waals surface area contributed by atoms with Crippen molar-refractivity contribution in [2.24, 2.45) is 0 Å². The minimum Gasteiger partial charge on any atom is -0.347 e. The summed E-state index contributed by atoms with van der Waals surface area (Å²) in [6.45, 7) is 6.39. The van der Waals surface area contributed by atoms with Crippen molar-refractivity contribution in [3.05, 3.63) is 20.8 Å². The summed E-state index contributed by atoms with van der Waals surface area (Å²) >= 11 is 1.61. The molecule has 0 unspecified atom stereocenters. The molecular formula is C9H15N3O2S. The minimum absolute atomic E-state index is 0.227. The third kappa shape index (κ3) is 1.96. The monoisotopic (exact) mass is 229 g/mol. The maximum Gasteiger partial charge on any atom is 0.289 e. The summed E-state index contributed by atoms with van der Waals surface area (Å²) in [5.74, 6) is 0.971. The predicted molar refractivity (Wildman–Crippen MR) is 59.9 cm³/mol. The van der Waals surface area contributed by atoms with Crippen LogP contribution >= 0.6 is 11.8 Å². The Morgan fingerprint density at radius 2 is 2.27 bits per heavy atom. The number of hydrogen-bond donors (Lipinski definition) is 0. The SMILES string of the molecule is CC(C)N1CC([N+](=O)[O-])=C2SCCN2C1. The number of thioether (sulfide) groups is 1. The first kappa shape index (κ1) is 10.8.